The first-order valence-corrected chi connectivity index (χ1v) is 7.51. The molecule has 23 heavy (non-hydrogen) atoms. The third kappa shape index (κ3) is 5.03. The van der Waals surface area contributed by atoms with Gasteiger partial charge in [0, 0.05) is 25.9 Å². The van der Waals surface area contributed by atoms with Crippen LogP contribution in [0.1, 0.15) is 27.3 Å². The second kappa shape index (κ2) is 8.24. The van der Waals surface area contributed by atoms with Crippen LogP contribution in [0.5, 0.6) is 0 Å². The second-order valence-electron chi connectivity index (χ2n) is 5.25. The second-order valence-corrected chi connectivity index (χ2v) is 5.25. The van der Waals surface area contributed by atoms with Crippen LogP contribution < -0.4 is 10.6 Å². The van der Waals surface area contributed by atoms with Crippen molar-refractivity contribution in [3.05, 3.63) is 52.8 Å². The molecule has 0 aliphatic carbocycles. The highest BCUT2D eigenvalue weighted by Gasteiger charge is 2.10. The summed E-state index contributed by atoms with van der Waals surface area (Å²) < 4.78 is 4.97. The molecule has 2 rings (SSSR count). The number of benzene rings is 1. The normalized spacial score (nSPS) is 10.4. The number of amides is 1. The quantitative estimate of drug-likeness (QED) is 0.765. The maximum Gasteiger partial charge on any atom is 0.270 e. The molecule has 0 unspecified atom stereocenters. The Morgan fingerprint density at radius 2 is 2.00 bits per heavy atom. The van der Waals surface area contributed by atoms with E-state index in [4.69, 9.17) is 4.74 Å². The van der Waals surface area contributed by atoms with E-state index in [1.165, 1.54) is 0 Å². The van der Waals surface area contributed by atoms with Crippen LogP contribution in [0.2, 0.25) is 0 Å². The molecule has 0 fully saturated rings. The van der Waals surface area contributed by atoms with Crippen LogP contribution in [0.4, 0.5) is 5.95 Å². The molecule has 0 atom stereocenters. The molecular formula is C17H22N4O2. The van der Waals surface area contributed by atoms with E-state index in [0.29, 0.717) is 31.3 Å². The number of carbonyl (C=O) groups is 1. The number of rotatable bonds is 7. The van der Waals surface area contributed by atoms with Gasteiger partial charge in [0.1, 0.15) is 5.69 Å². The van der Waals surface area contributed by atoms with Crippen LogP contribution in [0, 0.1) is 13.8 Å². The minimum atomic E-state index is -0.214. The van der Waals surface area contributed by atoms with Crippen molar-refractivity contribution in [1.82, 2.24) is 15.3 Å². The van der Waals surface area contributed by atoms with Crippen molar-refractivity contribution >= 4 is 11.9 Å². The zero-order valence-corrected chi connectivity index (χ0v) is 13.7. The van der Waals surface area contributed by atoms with E-state index in [1.807, 2.05) is 38.1 Å². The van der Waals surface area contributed by atoms with Gasteiger partial charge in [-0.1, -0.05) is 24.3 Å². The topological polar surface area (TPSA) is 76.1 Å². The fraction of sp³-hybridized carbons (Fsp3) is 0.353. The summed E-state index contributed by atoms with van der Waals surface area (Å²) in [7, 11) is 1.63. The number of methoxy groups -OCH3 is 1. The summed E-state index contributed by atoms with van der Waals surface area (Å²) in [4.78, 5) is 20.8. The number of nitrogens with zero attached hydrogens (tertiary/aromatic N) is 2. The molecule has 6 heteroatoms. The molecule has 6 nitrogen and oxygen atoms in total. The summed E-state index contributed by atoms with van der Waals surface area (Å²) in [6, 6.07) is 9.63. The summed E-state index contributed by atoms with van der Waals surface area (Å²) in [5, 5.41) is 5.93. The van der Waals surface area contributed by atoms with Crippen molar-refractivity contribution in [1.29, 1.82) is 0 Å². The Balaban J connectivity index is 2.02. The lowest BCUT2D eigenvalue weighted by molar-refractivity contribution is 0.0945. The number of aryl methyl sites for hydroxylation is 2. The van der Waals surface area contributed by atoms with E-state index in [9.17, 15) is 4.79 Å². The standard InChI is InChI=1S/C17H22N4O2/c1-12-6-4-5-7-14(12)11-19-16(22)15-10-13(2)20-17(21-15)18-8-9-23-3/h4-7,10H,8-9,11H2,1-3H3,(H,19,22)(H,18,20,21). The van der Waals surface area contributed by atoms with Crippen molar-refractivity contribution in [2.24, 2.45) is 0 Å². The summed E-state index contributed by atoms with van der Waals surface area (Å²) in [5.74, 6) is 0.219. The van der Waals surface area contributed by atoms with Crippen LogP contribution in [-0.2, 0) is 11.3 Å². The highest BCUT2D eigenvalue weighted by Crippen LogP contribution is 2.08. The molecule has 0 aliphatic rings. The number of nitrogens with one attached hydrogen (secondary N) is 2. The summed E-state index contributed by atoms with van der Waals surface area (Å²) in [6.45, 7) is 5.47. The Morgan fingerprint density at radius 1 is 1.22 bits per heavy atom. The number of ether oxygens (including phenoxy) is 1. The zero-order valence-electron chi connectivity index (χ0n) is 13.7. The number of hydrogen-bond acceptors (Lipinski definition) is 5. The van der Waals surface area contributed by atoms with Gasteiger partial charge in [0.15, 0.2) is 0 Å². The third-order valence-electron chi connectivity index (χ3n) is 3.38. The molecule has 0 spiro atoms. The first-order chi connectivity index (χ1) is 11.1. The van der Waals surface area contributed by atoms with Gasteiger partial charge in [-0.25, -0.2) is 9.97 Å². The van der Waals surface area contributed by atoms with Crippen molar-refractivity contribution in [3.63, 3.8) is 0 Å². The van der Waals surface area contributed by atoms with Crippen molar-refractivity contribution in [3.8, 4) is 0 Å². The highest BCUT2D eigenvalue weighted by molar-refractivity contribution is 5.92. The molecule has 0 radical (unpaired) electrons. The lowest BCUT2D eigenvalue weighted by Crippen LogP contribution is -2.25. The van der Waals surface area contributed by atoms with Gasteiger partial charge in [-0.2, -0.15) is 0 Å². The molecule has 1 heterocycles. The van der Waals surface area contributed by atoms with E-state index < -0.39 is 0 Å². The minimum absolute atomic E-state index is 0.214. The average molecular weight is 314 g/mol. The molecule has 2 aromatic rings. The molecule has 1 aromatic carbocycles. The monoisotopic (exact) mass is 314 g/mol. The number of hydrogen-bond donors (Lipinski definition) is 2. The number of aromatic nitrogens is 2. The van der Waals surface area contributed by atoms with E-state index in [0.717, 1.165) is 16.8 Å². The third-order valence-corrected chi connectivity index (χ3v) is 3.38. The lowest BCUT2D eigenvalue weighted by atomic mass is 10.1. The van der Waals surface area contributed by atoms with Gasteiger partial charge in [0.25, 0.3) is 5.91 Å². The number of anilines is 1. The van der Waals surface area contributed by atoms with E-state index >= 15 is 0 Å². The summed E-state index contributed by atoms with van der Waals surface area (Å²) in [5.41, 5.74) is 3.32. The van der Waals surface area contributed by atoms with Gasteiger partial charge >= 0.3 is 0 Å². The van der Waals surface area contributed by atoms with E-state index in [1.54, 1.807) is 13.2 Å². The molecule has 1 amide bonds. The predicted molar refractivity (Wildman–Crippen MR) is 89.5 cm³/mol. The molecule has 2 N–H and O–H groups in total. The molecule has 0 bridgehead atoms. The van der Waals surface area contributed by atoms with Crippen LogP contribution in [-0.4, -0.2) is 36.1 Å². The highest BCUT2D eigenvalue weighted by atomic mass is 16.5. The largest absolute Gasteiger partial charge is 0.383 e. The fourth-order valence-corrected chi connectivity index (χ4v) is 2.10. The first kappa shape index (κ1) is 16.9. The molecule has 0 saturated heterocycles. The summed E-state index contributed by atoms with van der Waals surface area (Å²) in [6.07, 6.45) is 0. The van der Waals surface area contributed by atoms with Crippen LogP contribution in [0.25, 0.3) is 0 Å². The van der Waals surface area contributed by atoms with Crippen LogP contribution in [0.3, 0.4) is 0 Å². The fourth-order valence-electron chi connectivity index (χ4n) is 2.10. The van der Waals surface area contributed by atoms with E-state index in [-0.39, 0.29) is 5.91 Å². The van der Waals surface area contributed by atoms with E-state index in [2.05, 4.69) is 20.6 Å². The SMILES string of the molecule is COCCNc1nc(C)cc(C(=O)NCc2ccccc2C)n1. The average Bonchev–Trinajstić information content (AvgIpc) is 2.53. The Labute approximate surface area is 136 Å². The van der Waals surface area contributed by atoms with Gasteiger partial charge in [0.2, 0.25) is 5.95 Å². The molecule has 0 saturated carbocycles. The molecule has 0 aliphatic heterocycles. The Hall–Kier alpha value is -2.47. The molecule has 1 aromatic heterocycles. The van der Waals surface area contributed by atoms with Gasteiger partial charge in [-0.15, -0.1) is 0 Å². The van der Waals surface area contributed by atoms with Crippen molar-refractivity contribution in [2.45, 2.75) is 20.4 Å². The first-order valence-electron chi connectivity index (χ1n) is 7.51. The van der Waals surface area contributed by atoms with Gasteiger partial charge in [0.05, 0.1) is 6.61 Å². The Bertz CT molecular complexity index is 673. The predicted octanol–water partition coefficient (Wildman–Crippen LogP) is 2.08. The maximum atomic E-state index is 12.3. The van der Waals surface area contributed by atoms with Gasteiger partial charge in [-0.05, 0) is 31.0 Å². The smallest absolute Gasteiger partial charge is 0.270 e. The minimum Gasteiger partial charge on any atom is -0.383 e. The molecule has 122 valence electrons. The summed E-state index contributed by atoms with van der Waals surface area (Å²) >= 11 is 0. The van der Waals surface area contributed by atoms with Crippen LogP contribution >= 0.6 is 0 Å². The number of carbonyl (C=O) groups excluding carboxylic acids is 1. The molecular weight excluding hydrogens is 292 g/mol. The van der Waals surface area contributed by atoms with Crippen molar-refractivity contribution < 1.29 is 9.53 Å². The lowest BCUT2D eigenvalue weighted by Gasteiger charge is -2.10. The van der Waals surface area contributed by atoms with Crippen LogP contribution in [0.15, 0.2) is 30.3 Å². The maximum absolute atomic E-state index is 12.3. The zero-order chi connectivity index (χ0) is 16.7. The van der Waals surface area contributed by atoms with Crippen molar-refractivity contribution in [2.75, 3.05) is 25.6 Å². The van der Waals surface area contributed by atoms with Gasteiger partial charge < -0.3 is 15.4 Å². The Morgan fingerprint density at radius 3 is 2.74 bits per heavy atom. The van der Waals surface area contributed by atoms with Gasteiger partial charge in [-0.3, -0.25) is 4.79 Å². The Kier molecular flexibility index (Phi) is 6.05.